The molecule has 1 aromatic heterocycles. The van der Waals surface area contributed by atoms with E-state index in [0.29, 0.717) is 0 Å². The van der Waals surface area contributed by atoms with Crippen LogP contribution in [0, 0.1) is 0 Å². The van der Waals surface area contributed by atoms with Crippen molar-refractivity contribution in [3.05, 3.63) is 182 Å². The van der Waals surface area contributed by atoms with Gasteiger partial charge in [0.1, 0.15) is 11.2 Å². The summed E-state index contributed by atoms with van der Waals surface area (Å²) in [5, 5.41) is 9.77. The van der Waals surface area contributed by atoms with E-state index < -0.39 is 0 Å². The first-order chi connectivity index (χ1) is 24.3. The van der Waals surface area contributed by atoms with Crippen molar-refractivity contribution in [3.63, 3.8) is 0 Å². The Balaban J connectivity index is 1.30. The van der Waals surface area contributed by atoms with E-state index >= 15 is 0 Å². The average Bonchev–Trinajstić information content (AvgIpc) is 3.56. The second-order valence-corrected chi connectivity index (χ2v) is 12.8. The SMILES string of the molecule is c1ccc(-c2cc(-c3ccc(-c4c5ccccc5c(-c5ccccc5)c5ccccc45)c4ccccc34)c3c(c2)oc2ccccc23)cc1. The van der Waals surface area contributed by atoms with Gasteiger partial charge in [0.25, 0.3) is 0 Å². The number of para-hydroxylation sites is 1. The van der Waals surface area contributed by atoms with Crippen LogP contribution in [-0.2, 0) is 0 Å². The lowest BCUT2D eigenvalue weighted by Gasteiger charge is -2.20. The smallest absolute Gasteiger partial charge is 0.136 e. The van der Waals surface area contributed by atoms with E-state index in [4.69, 9.17) is 4.42 Å². The summed E-state index contributed by atoms with van der Waals surface area (Å²) in [5.74, 6) is 0. The van der Waals surface area contributed by atoms with Crippen LogP contribution in [0.1, 0.15) is 0 Å². The molecule has 0 aliphatic rings. The maximum Gasteiger partial charge on any atom is 0.136 e. The Bertz CT molecular complexity index is 2800. The molecule has 0 amide bonds. The highest BCUT2D eigenvalue weighted by molar-refractivity contribution is 6.25. The van der Waals surface area contributed by atoms with E-state index in [1.807, 2.05) is 6.07 Å². The molecule has 0 fully saturated rings. The highest BCUT2D eigenvalue weighted by atomic mass is 16.3. The largest absolute Gasteiger partial charge is 0.456 e. The van der Waals surface area contributed by atoms with Crippen molar-refractivity contribution in [1.82, 2.24) is 0 Å². The van der Waals surface area contributed by atoms with Gasteiger partial charge in [0.15, 0.2) is 0 Å². The Kier molecular flexibility index (Phi) is 6.25. The monoisotopic (exact) mass is 622 g/mol. The van der Waals surface area contributed by atoms with Gasteiger partial charge in [-0.25, -0.2) is 0 Å². The maximum absolute atomic E-state index is 6.53. The Morgan fingerprint density at radius 2 is 0.735 bits per heavy atom. The van der Waals surface area contributed by atoms with E-state index in [1.54, 1.807) is 0 Å². The first-order valence-corrected chi connectivity index (χ1v) is 16.9. The molecule has 0 radical (unpaired) electrons. The summed E-state index contributed by atoms with van der Waals surface area (Å²) in [6.45, 7) is 0. The van der Waals surface area contributed by atoms with Crippen LogP contribution in [0.5, 0.6) is 0 Å². The van der Waals surface area contributed by atoms with Crippen molar-refractivity contribution in [1.29, 1.82) is 0 Å². The molecule has 1 nitrogen and oxygen atoms in total. The molecule has 1 heterocycles. The van der Waals surface area contributed by atoms with Crippen LogP contribution < -0.4 is 0 Å². The molecule has 0 saturated heterocycles. The quantitative estimate of drug-likeness (QED) is 0.178. The molecule has 228 valence electrons. The number of benzene rings is 9. The number of rotatable bonds is 4. The molecule has 0 unspecified atom stereocenters. The van der Waals surface area contributed by atoms with Gasteiger partial charge >= 0.3 is 0 Å². The third-order valence-electron chi connectivity index (χ3n) is 10.1. The zero-order chi connectivity index (χ0) is 32.3. The van der Waals surface area contributed by atoms with Gasteiger partial charge in [-0.3, -0.25) is 0 Å². The fraction of sp³-hybridized carbons (Fsp3) is 0. The standard InChI is InChI=1S/C48H30O/c1-3-15-31(16-4-1)33-29-43(48-42-25-13-14-26-44(42)49-45(48)30-33)36-27-28-41(35-20-8-7-19-34(35)36)47-39-23-11-9-21-37(39)46(32-17-5-2-6-18-32)38-22-10-12-24-40(38)47/h1-30H. The zero-order valence-corrected chi connectivity index (χ0v) is 26.7. The number of furan rings is 1. The van der Waals surface area contributed by atoms with Gasteiger partial charge in [0, 0.05) is 10.8 Å². The van der Waals surface area contributed by atoms with Crippen LogP contribution in [0.2, 0.25) is 0 Å². The van der Waals surface area contributed by atoms with Crippen LogP contribution in [0.3, 0.4) is 0 Å². The molecular formula is C48H30O. The molecular weight excluding hydrogens is 593 g/mol. The summed E-state index contributed by atoms with van der Waals surface area (Å²) in [6, 6.07) is 65.7. The lowest BCUT2D eigenvalue weighted by Crippen LogP contribution is -1.92. The normalized spacial score (nSPS) is 11.7. The highest BCUT2D eigenvalue weighted by Gasteiger charge is 2.21. The van der Waals surface area contributed by atoms with Crippen molar-refractivity contribution in [2.24, 2.45) is 0 Å². The van der Waals surface area contributed by atoms with Crippen molar-refractivity contribution < 1.29 is 4.42 Å². The first kappa shape index (κ1) is 27.7. The van der Waals surface area contributed by atoms with Gasteiger partial charge in [-0.05, 0) is 95.0 Å². The van der Waals surface area contributed by atoms with E-state index in [1.165, 1.54) is 71.3 Å². The van der Waals surface area contributed by atoms with Gasteiger partial charge in [-0.1, -0.05) is 164 Å². The average molecular weight is 623 g/mol. The molecule has 0 N–H and O–H groups in total. The predicted octanol–water partition coefficient (Wildman–Crippen LogP) is 13.7. The van der Waals surface area contributed by atoms with Crippen LogP contribution in [0.4, 0.5) is 0 Å². The molecule has 0 saturated carbocycles. The fourth-order valence-corrected chi connectivity index (χ4v) is 7.95. The van der Waals surface area contributed by atoms with E-state index in [-0.39, 0.29) is 0 Å². The molecule has 9 aromatic carbocycles. The van der Waals surface area contributed by atoms with Gasteiger partial charge in [0.05, 0.1) is 0 Å². The van der Waals surface area contributed by atoms with E-state index in [0.717, 1.165) is 27.5 Å². The Hall–Kier alpha value is -6.44. The lowest BCUT2D eigenvalue weighted by atomic mass is 9.83. The lowest BCUT2D eigenvalue weighted by molar-refractivity contribution is 0.669. The molecule has 10 rings (SSSR count). The molecule has 10 aromatic rings. The minimum absolute atomic E-state index is 0.902. The highest BCUT2D eigenvalue weighted by Crippen LogP contribution is 2.48. The fourth-order valence-electron chi connectivity index (χ4n) is 7.95. The third kappa shape index (κ3) is 4.33. The molecule has 0 aliphatic carbocycles. The second kappa shape index (κ2) is 11.1. The predicted molar refractivity (Wildman–Crippen MR) is 208 cm³/mol. The second-order valence-electron chi connectivity index (χ2n) is 12.8. The van der Waals surface area contributed by atoms with Crippen LogP contribution in [0.25, 0.3) is 98.8 Å². The Morgan fingerprint density at radius 3 is 1.37 bits per heavy atom. The summed E-state index contributed by atoms with van der Waals surface area (Å²) in [7, 11) is 0. The Morgan fingerprint density at radius 1 is 0.265 bits per heavy atom. The molecule has 0 atom stereocenters. The summed E-state index contributed by atoms with van der Waals surface area (Å²) in [5.41, 5.74) is 11.5. The minimum Gasteiger partial charge on any atom is -0.456 e. The van der Waals surface area contributed by atoms with E-state index in [2.05, 4.69) is 176 Å². The first-order valence-electron chi connectivity index (χ1n) is 16.9. The molecule has 1 heteroatoms. The van der Waals surface area contributed by atoms with Crippen LogP contribution in [-0.4, -0.2) is 0 Å². The topological polar surface area (TPSA) is 13.1 Å². The molecule has 49 heavy (non-hydrogen) atoms. The number of hydrogen-bond donors (Lipinski definition) is 0. The van der Waals surface area contributed by atoms with Gasteiger partial charge < -0.3 is 4.42 Å². The summed E-state index contributed by atoms with van der Waals surface area (Å²) in [6.07, 6.45) is 0. The molecule has 0 bridgehead atoms. The van der Waals surface area contributed by atoms with Crippen molar-refractivity contribution in [3.8, 4) is 44.5 Å². The van der Waals surface area contributed by atoms with Crippen LogP contribution >= 0.6 is 0 Å². The van der Waals surface area contributed by atoms with Crippen molar-refractivity contribution in [2.75, 3.05) is 0 Å². The summed E-state index contributed by atoms with van der Waals surface area (Å²) >= 11 is 0. The molecule has 0 aliphatic heterocycles. The summed E-state index contributed by atoms with van der Waals surface area (Å²) < 4.78 is 6.53. The van der Waals surface area contributed by atoms with Gasteiger partial charge in [-0.2, -0.15) is 0 Å². The van der Waals surface area contributed by atoms with Crippen molar-refractivity contribution in [2.45, 2.75) is 0 Å². The third-order valence-corrected chi connectivity index (χ3v) is 10.1. The summed E-state index contributed by atoms with van der Waals surface area (Å²) in [4.78, 5) is 0. The minimum atomic E-state index is 0.902. The van der Waals surface area contributed by atoms with Gasteiger partial charge in [-0.15, -0.1) is 0 Å². The van der Waals surface area contributed by atoms with E-state index in [9.17, 15) is 0 Å². The van der Waals surface area contributed by atoms with Gasteiger partial charge in [0.2, 0.25) is 0 Å². The number of hydrogen-bond acceptors (Lipinski definition) is 1. The Labute approximate surface area is 284 Å². The van der Waals surface area contributed by atoms with Crippen molar-refractivity contribution >= 4 is 54.3 Å². The maximum atomic E-state index is 6.53. The number of fused-ring (bicyclic) bond motifs is 6. The zero-order valence-electron chi connectivity index (χ0n) is 26.7. The van der Waals surface area contributed by atoms with Crippen LogP contribution in [0.15, 0.2) is 186 Å². The molecule has 0 spiro atoms.